The molecule has 4 nitrogen and oxygen atoms in total. The van der Waals surface area contributed by atoms with E-state index in [1.807, 2.05) is 6.07 Å². The molecule has 0 saturated carbocycles. The number of fused-ring (bicyclic) bond motifs is 1. The van der Waals surface area contributed by atoms with Crippen molar-refractivity contribution in [3.8, 4) is 5.75 Å². The van der Waals surface area contributed by atoms with Crippen LogP contribution in [0.3, 0.4) is 0 Å². The van der Waals surface area contributed by atoms with E-state index in [0.29, 0.717) is 11.0 Å². The number of ether oxygens (including phenoxy) is 1. The molecule has 0 fully saturated rings. The Hall–Kier alpha value is -0.750. The van der Waals surface area contributed by atoms with E-state index in [1.54, 1.807) is 18.9 Å². The van der Waals surface area contributed by atoms with Gasteiger partial charge in [-0.3, -0.25) is 0 Å². The zero-order valence-electron chi connectivity index (χ0n) is 12.0. The average molecular weight is 297 g/mol. The van der Waals surface area contributed by atoms with E-state index in [2.05, 4.69) is 24.4 Å². The zero-order chi connectivity index (χ0) is 14.5. The van der Waals surface area contributed by atoms with Gasteiger partial charge >= 0.3 is 0 Å². The summed E-state index contributed by atoms with van der Waals surface area (Å²) in [6.45, 7) is 2.83. The molecule has 0 saturated heterocycles. The lowest BCUT2D eigenvalue weighted by Crippen LogP contribution is -2.28. The van der Waals surface area contributed by atoms with Crippen LogP contribution in [0, 0.1) is 0 Å². The highest BCUT2D eigenvalue weighted by Crippen LogP contribution is 2.40. The molecule has 0 heterocycles. The fourth-order valence-corrected chi connectivity index (χ4v) is 3.92. The Morgan fingerprint density at radius 1 is 1.50 bits per heavy atom. The summed E-state index contributed by atoms with van der Waals surface area (Å²) < 4.78 is 5.31. The molecule has 3 N–H and O–H groups in total. The third kappa shape index (κ3) is 3.47. The molecule has 1 aliphatic rings. The molecule has 0 spiro atoms. The molecule has 0 aliphatic heterocycles. The van der Waals surface area contributed by atoms with Crippen molar-refractivity contribution in [3.63, 3.8) is 0 Å². The lowest BCUT2D eigenvalue weighted by Gasteiger charge is -2.22. The second-order valence-electron chi connectivity index (χ2n) is 5.01. The minimum absolute atomic E-state index is 0.174. The summed E-state index contributed by atoms with van der Waals surface area (Å²) in [5.41, 5.74) is 2.63. The molecule has 2 rings (SSSR count). The van der Waals surface area contributed by atoms with E-state index in [-0.39, 0.29) is 12.6 Å². The fourth-order valence-electron chi connectivity index (χ4n) is 2.61. The second kappa shape index (κ2) is 7.31. The maximum absolute atomic E-state index is 9.52. The SMILES string of the molecule is CCNC1c2cc(OC)ccc2CC1SCC(O)CO. The van der Waals surface area contributed by atoms with Crippen LogP contribution in [-0.4, -0.2) is 47.6 Å². The van der Waals surface area contributed by atoms with E-state index in [4.69, 9.17) is 9.84 Å². The molecule has 3 unspecified atom stereocenters. The molecule has 1 aromatic rings. The zero-order valence-corrected chi connectivity index (χ0v) is 12.8. The van der Waals surface area contributed by atoms with Gasteiger partial charge in [-0.1, -0.05) is 13.0 Å². The first-order valence-electron chi connectivity index (χ1n) is 7.00. The van der Waals surface area contributed by atoms with Gasteiger partial charge in [-0.25, -0.2) is 0 Å². The van der Waals surface area contributed by atoms with E-state index in [9.17, 15) is 5.11 Å². The summed E-state index contributed by atoms with van der Waals surface area (Å²) >= 11 is 1.72. The molecular weight excluding hydrogens is 274 g/mol. The third-order valence-corrected chi connectivity index (χ3v) is 5.06. The van der Waals surface area contributed by atoms with Crippen molar-refractivity contribution in [2.24, 2.45) is 0 Å². The Balaban J connectivity index is 2.12. The second-order valence-corrected chi connectivity index (χ2v) is 6.28. The van der Waals surface area contributed by atoms with Crippen molar-refractivity contribution in [3.05, 3.63) is 29.3 Å². The number of hydrogen-bond acceptors (Lipinski definition) is 5. The predicted octanol–water partition coefficient (Wildman–Crippen LogP) is 1.36. The van der Waals surface area contributed by atoms with Gasteiger partial charge in [0.1, 0.15) is 5.75 Å². The van der Waals surface area contributed by atoms with Gasteiger partial charge in [0.15, 0.2) is 0 Å². The number of rotatable bonds is 7. The number of aliphatic hydroxyl groups excluding tert-OH is 2. The van der Waals surface area contributed by atoms with Crippen LogP contribution in [0.1, 0.15) is 24.1 Å². The smallest absolute Gasteiger partial charge is 0.119 e. The quantitative estimate of drug-likeness (QED) is 0.709. The number of benzene rings is 1. The molecule has 112 valence electrons. The van der Waals surface area contributed by atoms with Crippen molar-refractivity contribution >= 4 is 11.8 Å². The van der Waals surface area contributed by atoms with Crippen molar-refractivity contribution < 1.29 is 14.9 Å². The Morgan fingerprint density at radius 3 is 2.95 bits per heavy atom. The van der Waals surface area contributed by atoms with Crippen LogP contribution in [0.2, 0.25) is 0 Å². The molecule has 1 aliphatic carbocycles. The van der Waals surface area contributed by atoms with Gasteiger partial charge < -0.3 is 20.3 Å². The van der Waals surface area contributed by atoms with Gasteiger partial charge in [0.2, 0.25) is 0 Å². The van der Waals surface area contributed by atoms with Crippen LogP contribution in [0.5, 0.6) is 5.75 Å². The van der Waals surface area contributed by atoms with Gasteiger partial charge in [-0.15, -0.1) is 0 Å². The molecular formula is C15H23NO3S. The Bertz CT molecular complexity index is 441. The largest absolute Gasteiger partial charge is 0.497 e. The lowest BCUT2D eigenvalue weighted by molar-refractivity contribution is 0.113. The van der Waals surface area contributed by atoms with Gasteiger partial charge in [0.05, 0.1) is 19.8 Å². The van der Waals surface area contributed by atoms with Crippen LogP contribution in [0.15, 0.2) is 18.2 Å². The van der Waals surface area contributed by atoms with Gasteiger partial charge in [-0.2, -0.15) is 11.8 Å². The Morgan fingerprint density at radius 2 is 2.30 bits per heavy atom. The molecule has 0 bridgehead atoms. The number of aliphatic hydroxyl groups is 2. The van der Waals surface area contributed by atoms with E-state index in [1.165, 1.54) is 11.1 Å². The first-order chi connectivity index (χ1) is 9.69. The lowest BCUT2D eigenvalue weighted by atomic mass is 10.1. The number of hydrogen-bond donors (Lipinski definition) is 3. The third-order valence-electron chi connectivity index (χ3n) is 3.62. The van der Waals surface area contributed by atoms with Crippen LogP contribution in [-0.2, 0) is 6.42 Å². The van der Waals surface area contributed by atoms with Crippen molar-refractivity contribution in [2.75, 3.05) is 26.0 Å². The first-order valence-corrected chi connectivity index (χ1v) is 8.05. The predicted molar refractivity (Wildman–Crippen MR) is 82.5 cm³/mol. The summed E-state index contributed by atoms with van der Waals surface area (Å²) in [5, 5.41) is 22.4. The molecule has 0 radical (unpaired) electrons. The topological polar surface area (TPSA) is 61.7 Å². The average Bonchev–Trinajstić information content (AvgIpc) is 2.82. The monoisotopic (exact) mass is 297 g/mol. The number of nitrogens with one attached hydrogen (secondary N) is 1. The normalized spacial score (nSPS) is 22.6. The molecule has 0 amide bonds. The van der Waals surface area contributed by atoms with Crippen molar-refractivity contribution in [1.82, 2.24) is 5.32 Å². The maximum atomic E-state index is 9.52. The van der Waals surface area contributed by atoms with Gasteiger partial charge in [-0.05, 0) is 36.2 Å². The molecule has 5 heteroatoms. The van der Waals surface area contributed by atoms with Crippen LogP contribution in [0.25, 0.3) is 0 Å². The highest BCUT2D eigenvalue weighted by Gasteiger charge is 2.32. The van der Waals surface area contributed by atoms with Gasteiger partial charge in [0, 0.05) is 17.0 Å². The minimum atomic E-state index is -0.638. The summed E-state index contributed by atoms with van der Waals surface area (Å²) in [4.78, 5) is 0. The Kier molecular flexibility index (Phi) is 5.72. The number of methoxy groups -OCH3 is 1. The molecule has 1 aromatic carbocycles. The Labute approximate surface area is 124 Å². The summed E-state index contributed by atoms with van der Waals surface area (Å²) in [6.07, 6.45) is 0.348. The highest BCUT2D eigenvalue weighted by molar-refractivity contribution is 8.00. The van der Waals surface area contributed by atoms with Crippen LogP contribution < -0.4 is 10.1 Å². The highest BCUT2D eigenvalue weighted by atomic mass is 32.2. The van der Waals surface area contributed by atoms with Crippen LogP contribution >= 0.6 is 11.8 Å². The van der Waals surface area contributed by atoms with E-state index >= 15 is 0 Å². The van der Waals surface area contributed by atoms with Crippen molar-refractivity contribution in [1.29, 1.82) is 0 Å². The van der Waals surface area contributed by atoms with Crippen molar-refractivity contribution in [2.45, 2.75) is 30.7 Å². The fraction of sp³-hybridized carbons (Fsp3) is 0.600. The standard InChI is InChI=1S/C15H23NO3S/c1-3-16-15-13-7-12(19-2)5-4-10(13)6-14(15)20-9-11(18)8-17/h4-5,7,11,14-18H,3,6,8-9H2,1-2H3. The molecule has 0 aromatic heterocycles. The summed E-state index contributed by atoms with van der Waals surface area (Å²) in [5.74, 6) is 1.45. The number of thioether (sulfide) groups is 1. The molecule has 3 atom stereocenters. The first kappa shape index (κ1) is 15.6. The van der Waals surface area contributed by atoms with E-state index < -0.39 is 6.10 Å². The summed E-state index contributed by atoms with van der Waals surface area (Å²) in [6, 6.07) is 6.51. The summed E-state index contributed by atoms with van der Waals surface area (Å²) in [7, 11) is 1.68. The minimum Gasteiger partial charge on any atom is -0.497 e. The van der Waals surface area contributed by atoms with E-state index in [0.717, 1.165) is 18.7 Å². The van der Waals surface area contributed by atoms with Gasteiger partial charge in [0.25, 0.3) is 0 Å². The molecule has 20 heavy (non-hydrogen) atoms. The van der Waals surface area contributed by atoms with Crippen LogP contribution in [0.4, 0.5) is 0 Å². The maximum Gasteiger partial charge on any atom is 0.119 e.